The van der Waals surface area contributed by atoms with Gasteiger partial charge < -0.3 is 14.8 Å². The van der Waals surface area contributed by atoms with Gasteiger partial charge in [0, 0.05) is 17.5 Å². The van der Waals surface area contributed by atoms with Crippen LogP contribution < -0.4 is 14.8 Å². The van der Waals surface area contributed by atoms with Crippen LogP contribution in [0.25, 0.3) is 11.0 Å². The molecule has 0 atom stereocenters. The SMILES string of the molecule is COc1ccc(OC)c(CCC(=O)Nc2cnc3n[nH]c(C)c3c2)c1. The molecule has 0 radical (unpaired) electrons. The van der Waals surface area contributed by atoms with Crippen LogP contribution in [0.2, 0.25) is 0 Å². The zero-order chi connectivity index (χ0) is 17.8. The molecule has 2 aromatic heterocycles. The van der Waals surface area contributed by atoms with Crippen LogP contribution in [0.1, 0.15) is 17.7 Å². The third-order valence-corrected chi connectivity index (χ3v) is 3.99. The van der Waals surface area contributed by atoms with Crippen LogP contribution >= 0.6 is 0 Å². The van der Waals surface area contributed by atoms with E-state index in [1.807, 2.05) is 31.2 Å². The Morgan fingerprint density at radius 1 is 1.24 bits per heavy atom. The third-order valence-electron chi connectivity index (χ3n) is 3.99. The van der Waals surface area contributed by atoms with Crippen LogP contribution in [0.4, 0.5) is 5.69 Å². The van der Waals surface area contributed by atoms with Gasteiger partial charge in [-0.2, -0.15) is 5.10 Å². The molecule has 3 aromatic rings. The van der Waals surface area contributed by atoms with Gasteiger partial charge >= 0.3 is 0 Å². The van der Waals surface area contributed by atoms with Crippen molar-refractivity contribution in [3.63, 3.8) is 0 Å². The number of amides is 1. The summed E-state index contributed by atoms with van der Waals surface area (Å²) in [6.45, 7) is 1.91. The van der Waals surface area contributed by atoms with Crippen LogP contribution in [-0.4, -0.2) is 35.3 Å². The fraction of sp³-hybridized carbons (Fsp3) is 0.278. The van der Waals surface area contributed by atoms with Crippen molar-refractivity contribution in [1.82, 2.24) is 15.2 Å². The molecule has 0 aliphatic rings. The predicted molar refractivity (Wildman–Crippen MR) is 95.1 cm³/mol. The Morgan fingerprint density at radius 2 is 2.08 bits per heavy atom. The van der Waals surface area contributed by atoms with Gasteiger partial charge in [-0.15, -0.1) is 0 Å². The lowest BCUT2D eigenvalue weighted by Gasteiger charge is -2.10. The number of methoxy groups -OCH3 is 2. The summed E-state index contributed by atoms with van der Waals surface area (Å²) < 4.78 is 10.6. The summed E-state index contributed by atoms with van der Waals surface area (Å²) in [5.41, 5.74) is 3.13. The van der Waals surface area contributed by atoms with Gasteiger partial charge in [0.2, 0.25) is 5.91 Å². The predicted octanol–water partition coefficient (Wildman–Crippen LogP) is 2.85. The van der Waals surface area contributed by atoms with E-state index in [9.17, 15) is 4.79 Å². The maximum atomic E-state index is 12.3. The molecule has 0 spiro atoms. The van der Waals surface area contributed by atoms with Crippen molar-refractivity contribution < 1.29 is 14.3 Å². The zero-order valence-electron chi connectivity index (χ0n) is 14.4. The smallest absolute Gasteiger partial charge is 0.224 e. The molecule has 0 aliphatic heterocycles. The van der Waals surface area contributed by atoms with Crippen molar-refractivity contribution in [2.75, 3.05) is 19.5 Å². The molecular formula is C18H20N4O3. The number of carbonyl (C=O) groups is 1. The highest BCUT2D eigenvalue weighted by molar-refractivity contribution is 5.93. The Hall–Kier alpha value is -3.09. The number of anilines is 1. The van der Waals surface area contributed by atoms with Crippen LogP contribution in [0.15, 0.2) is 30.5 Å². The monoisotopic (exact) mass is 340 g/mol. The Balaban J connectivity index is 1.67. The van der Waals surface area contributed by atoms with Gasteiger partial charge in [0.25, 0.3) is 0 Å². The topological polar surface area (TPSA) is 89.1 Å². The van der Waals surface area contributed by atoms with Gasteiger partial charge in [-0.1, -0.05) is 0 Å². The number of aryl methyl sites for hydroxylation is 2. The van der Waals surface area contributed by atoms with E-state index in [1.165, 1.54) is 0 Å². The normalized spacial score (nSPS) is 10.7. The highest BCUT2D eigenvalue weighted by Gasteiger charge is 2.10. The minimum Gasteiger partial charge on any atom is -0.497 e. The number of fused-ring (bicyclic) bond motifs is 1. The number of hydrogen-bond acceptors (Lipinski definition) is 5. The number of rotatable bonds is 6. The van der Waals surface area contributed by atoms with E-state index in [2.05, 4.69) is 20.5 Å². The molecule has 7 heteroatoms. The molecule has 7 nitrogen and oxygen atoms in total. The number of nitrogens with zero attached hydrogens (tertiary/aromatic N) is 2. The molecule has 0 unspecified atom stereocenters. The number of carbonyl (C=O) groups excluding carboxylic acids is 1. The minimum absolute atomic E-state index is 0.0906. The van der Waals surface area contributed by atoms with Crippen LogP contribution in [0, 0.1) is 6.92 Å². The van der Waals surface area contributed by atoms with Crippen molar-refractivity contribution in [1.29, 1.82) is 0 Å². The molecule has 1 amide bonds. The standard InChI is InChI=1S/C18H20N4O3/c1-11-15-9-13(10-19-18(15)22-21-11)20-17(23)7-4-12-8-14(24-2)5-6-16(12)25-3/h5-6,8-10H,4,7H2,1-3H3,(H,20,23)(H,19,21,22). The number of pyridine rings is 1. The number of hydrogen-bond donors (Lipinski definition) is 2. The van der Waals surface area contributed by atoms with Gasteiger partial charge in [-0.3, -0.25) is 9.89 Å². The Bertz CT molecular complexity index is 904. The molecule has 25 heavy (non-hydrogen) atoms. The van der Waals surface area contributed by atoms with Crippen molar-refractivity contribution in [3.8, 4) is 11.5 Å². The van der Waals surface area contributed by atoms with E-state index >= 15 is 0 Å². The molecule has 2 N–H and O–H groups in total. The van der Waals surface area contributed by atoms with Gasteiger partial charge in [-0.25, -0.2) is 4.98 Å². The van der Waals surface area contributed by atoms with Crippen molar-refractivity contribution in [3.05, 3.63) is 41.7 Å². The van der Waals surface area contributed by atoms with Gasteiger partial charge in [0.1, 0.15) is 11.5 Å². The molecule has 0 bridgehead atoms. The first kappa shape index (κ1) is 16.8. The number of nitrogens with one attached hydrogen (secondary N) is 2. The summed E-state index contributed by atoms with van der Waals surface area (Å²) in [6.07, 6.45) is 2.48. The molecule has 130 valence electrons. The number of aromatic nitrogens is 3. The summed E-state index contributed by atoms with van der Waals surface area (Å²) in [7, 11) is 3.22. The molecular weight excluding hydrogens is 320 g/mol. The van der Waals surface area contributed by atoms with Crippen molar-refractivity contribution in [2.24, 2.45) is 0 Å². The average molecular weight is 340 g/mol. The maximum absolute atomic E-state index is 12.3. The Morgan fingerprint density at radius 3 is 2.84 bits per heavy atom. The van der Waals surface area contributed by atoms with Crippen molar-refractivity contribution in [2.45, 2.75) is 19.8 Å². The number of benzene rings is 1. The lowest BCUT2D eigenvalue weighted by Crippen LogP contribution is -2.12. The number of ether oxygens (including phenoxy) is 2. The third kappa shape index (κ3) is 3.71. The molecule has 3 rings (SSSR count). The van der Waals surface area contributed by atoms with Crippen LogP contribution in [-0.2, 0) is 11.2 Å². The van der Waals surface area contributed by atoms with Crippen LogP contribution in [0.5, 0.6) is 11.5 Å². The Kier molecular flexibility index (Phi) is 4.83. The quantitative estimate of drug-likeness (QED) is 0.720. The summed E-state index contributed by atoms with van der Waals surface area (Å²) in [5, 5.41) is 10.7. The highest BCUT2D eigenvalue weighted by atomic mass is 16.5. The van der Waals surface area contributed by atoms with E-state index in [-0.39, 0.29) is 5.91 Å². The second-order valence-corrected chi connectivity index (χ2v) is 5.67. The summed E-state index contributed by atoms with van der Waals surface area (Å²) in [4.78, 5) is 16.5. The maximum Gasteiger partial charge on any atom is 0.224 e. The number of aromatic amines is 1. The average Bonchev–Trinajstić information content (AvgIpc) is 3.00. The molecule has 0 fully saturated rings. The van der Waals surface area contributed by atoms with E-state index in [1.54, 1.807) is 20.4 Å². The van der Waals surface area contributed by atoms with E-state index in [4.69, 9.17) is 9.47 Å². The fourth-order valence-corrected chi connectivity index (χ4v) is 2.64. The first-order valence-electron chi connectivity index (χ1n) is 7.92. The fourth-order valence-electron chi connectivity index (χ4n) is 2.64. The summed E-state index contributed by atoms with van der Waals surface area (Å²) >= 11 is 0. The molecule has 0 aliphatic carbocycles. The lowest BCUT2D eigenvalue weighted by atomic mass is 10.1. The largest absolute Gasteiger partial charge is 0.497 e. The first-order valence-corrected chi connectivity index (χ1v) is 7.92. The van der Waals surface area contributed by atoms with Crippen LogP contribution in [0.3, 0.4) is 0 Å². The van der Waals surface area contributed by atoms with Crippen molar-refractivity contribution >= 4 is 22.6 Å². The highest BCUT2D eigenvalue weighted by Crippen LogP contribution is 2.25. The number of H-pyrrole nitrogens is 1. The summed E-state index contributed by atoms with van der Waals surface area (Å²) in [6, 6.07) is 7.42. The van der Waals surface area contributed by atoms with E-state index in [0.29, 0.717) is 24.2 Å². The zero-order valence-corrected chi connectivity index (χ0v) is 14.4. The molecule has 2 heterocycles. The molecule has 0 saturated heterocycles. The molecule has 0 saturated carbocycles. The summed E-state index contributed by atoms with van der Waals surface area (Å²) in [5.74, 6) is 1.39. The lowest BCUT2D eigenvalue weighted by molar-refractivity contribution is -0.116. The van der Waals surface area contributed by atoms with Gasteiger partial charge in [0.05, 0.1) is 26.1 Å². The van der Waals surface area contributed by atoms with Gasteiger partial charge in [0.15, 0.2) is 5.65 Å². The first-order chi connectivity index (χ1) is 12.1. The minimum atomic E-state index is -0.0906. The second-order valence-electron chi connectivity index (χ2n) is 5.67. The van der Waals surface area contributed by atoms with Gasteiger partial charge in [-0.05, 0) is 43.2 Å². The van der Waals surface area contributed by atoms with E-state index in [0.717, 1.165) is 28.1 Å². The van der Waals surface area contributed by atoms with E-state index < -0.39 is 0 Å². The Labute approximate surface area is 145 Å². The second kappa shape index (κ2) is 7.21. The molecule has 1 aromatic carbocycles.